The van der Waals surface area contributed by atoms with Crippen molar-refractivity contribution < 1.29 is 19.0 Å². The van der Waals surface area contributed by atoms with Crippen LogP contribution in [0.4, 0.5) is 0 Å². The molecular formula is C12H18O4. The minimum absolute atomic E-state index is 0.288. The molecule has 0 aromatic heterocycles. The van der Waals surface area contributed by atoms with Gasteiger partial charge >= 0.3 is 5.97 Å². The molecule has 0 amide bonds. The number of carbonyl (C=O) groups excluding carboxylic acids is 1. The van der Waals surface area contributed by atoms with Crippen molar-refractivity contribution in [3.05, 3.63) is 24.7 Å². The second kappa shape index (κ2) is 7.79. The number of methoxy groups -OCH3 is 1. The van der Waals surface area contributed by atoms with Crippen LogP contribution in [0.5, 0.6) is 0 Å². The third-order valence-electron chi connectivity index (χ3n) is 2.22. The highest BCUT2D eigenvalue weighted by Gasteiger charge is 2.20. The third-order valence-corrected chi connectivity index (χ3v) is 2.22. The summed E-state index contributed by atoms with van der Waals surface area (Å²) in [4.78, 5) is 10.8. The molecule has 0 saturated heterocycles. The second-order valence-corrected chi connectivity index (χ2v) is 3.48. The van der Waals surface area contributed by atoms with Crippen LogP contribution in [0.15, 0.2) is 24.7 Å². The van der Waals surface area contributed by atoms with Crippen LogP contribution in [0.1, 0.15) is 25.7 Å². The van der Waals surface area contributed by atoms with Crippen molar-refractivity contribution in [1.82, 2.24) is 0 Å². The summed E-state index contributed by atoms with van der Waals surface area (Å²) in [6, 6.07) is 0. The summed E-state index contributed by atoms with van der Waals surface area (Å²) < 4.78 is 14.4. The first-order valence-corrected chi connectivity index (χ1v) is 5.49. The highest BCUT2D eigenvalue weighted by Crippen LogP contribution is 2.10. The summed E-state index contributed by atoms with van der Waals surface area (Å²) in [5.41, 5.74) is 0. The highest BCUT2D eigenvalue weighted by atomic mass is 16.6. The lowest BCUT2D eigenvalue weighted by molar-refractivity contribution is -0.151. The molecular weight excluding hydrogens is 208 g/mol. The fourth-order valence-electron chi connectivity index (χ4n) is 1.33. The van der Waals surface area contributed by atoms with E-state index in [1.54, 1.807) is 12.5 Å². The molecule has 4 heteroatoms. The topological polar surface area (TPSA) is 44.8 Å². The fraction of sp³-hybridized carbons (Fsp3) is 0.583. The van der Waals surface area contributed by atoms with Gasteiger partial charge in [-0.25, -0.2) is 4.79 Å². The van der Waals surface area contributed by atoms with Gasteiger partial charge in [-0.3, -0.25) is 0 Å². The standard InChI is InChI=1S/C7H10O3.C5H8O/c1-9-7(8)6-4-2-3-5-10-6;1-2-4-6-5-3-1/h3,5-6H,2,4H2,1H3;2,4H,1,3,5H2. The summed E-state index contributed by atoms with van der Waals surface area (Å²) in [5.74, 6) is -0.288. The number of esters is 1. The first-order valence-electron chi connectivity index (χ1n) is 5.49. The van der Waals surface area contributed by atoms with E-state index in [1.807, 2.05) is 12.2 Å². The predicted molar refractivity (Wildman–Crippen MR) is 59.6 cm³/mol. The lowest BCUT2D eigenvalue weighted by Crippen LogP contribution is -2.25. The molecule has 0 spiro atoms. The molecule has 2 aliphatic heterocycles. The van der Waals surface area contributed by atoms with E-state index >= 15 is 0 Å². The van der Waals surface area contributed by atoms with Crippen LogP contribution in [-0.4, -0.2) is 25.8 Å². The largest absolute Gasteiger partial charge is 0.502 e. The summed E-state index contributed by atoms with van der Waals surface area (Å²) in [6.07, 6.45) is 10.9. The van der Waals surface area contributed by atoms with E-state index in [4.69, 9.17) is 9.47 Å². The van der Waals surface area contributed by atoms with Crippen LogP contribution in [0.25, 0.3) is 0 Å². The summed E-state index contributed by atoms with van der Waals surface area (Å²) >= 11 is 0. The third kappa shape index (κ3) is 4.87. The van der Waals surface area contributed by atoms with Crippen LogP contribution in [0.2, 0.25) is 0 Å². The lowest BCUT2D eigenvalue weighted by atomic mass is 10.2. The van der Waals surface area contributed by atoms with E-state index in [1.165, 1.54) is 20.0 Å². The monoisotopic (exact) mass is 226 g/mol. The normalized spacial score (nSPS) is 22.2. The Morgan fingerprint density at radius 3 is 2.50 bits per heavy atom. The Kier molecular flexibility index (Phi) is 6.15. The molecule has 0 N–H and O–H groups in total. The molecule has 0 saturated carbocycles. The van der Waals surface area contributed by atoms with E-state index in [0.29, 0.717) is 0 Å². The summed E-state index contributed by atoms with van der Waals surface area (Å²) in [6.45, 7) is 0.913. The minimum Gasteiger partial charge on any atom is -0.502 e. The molecule has 16 heavy (non-hydrogen) atoms. The number of hydrogen-bond acceptors (Lipinski definition) is 4. The number of hydrogen-bond donors (Lipinski definition) is 0. The molecule has 2 rings (SSSR count). The van der Waals surface area contributed by atoms with Crippen LogP contribution in [-0.2, 0) is 19.0 Å². The van der Waals surface area contributed by atoms with Crippen molar-refractivity contribution in [1.29, 1.82) is 0 Å². The SMILES string of the molecule is C1=COCCC1.COC(=O)C1CCC=CO1. The Bertz CT molecular complexity index is 250. The summed E-state index contributed by atoms with van der Waals surface area (Å²) in [7, 11) is 1.37. The molecule has 0 aromatic carbocycles. The molecule has 0 aromatic rings. The van der Waals surface area contributed by atoms with Gasteiger partial charge in [0.2, 0.25) is 0 Å². The Morgan fingerprint density at radius 2 is 2.12 bits per heavy atom. The van der Waals surface area contributed by atoms with Crippen molar-refractivity contribution in [3.8, 4) is 0 Å². The molecule has 0 fully saturated rings. The molecule has 0 bridgehead atoms. The first kappa shape index (κ1) is 12.6. The maximum absolute atomic E-state index is 10.8. The molecule has 4 nitrogen and oxygen atoms in total. The molecule has 1 unspecified atom stereocenters. The molecule has 1 atom stereocenters. The molecule has 0 aliphatic carbocycles. The lowest BCUT2D eigenvalue weighted by Gasteiger charge is -2.15. The number of ether oxygens (including phenoxy) is 3. The van der Waals surface area contributed by atoms with Crippen LogP contribution >= 0.6 is 0 Å². The Labute approximate surface area is 95.9 Å². The smallest absolute Gasteiger partial charge is 0.347 e. The van der Waals surface area contributed by atoms with Crippen molar-refractivity contribution >= 4 is 5.97 Å². The molecule has 90 valence electrons. The molecule has 0 radical (unpaired) electrons. The van der Waals surface area contributed by atoms with Gasteiger partial charge < -0.3 is 14.2 Å². The van der Waals surface area contributed by atoms with Crippen molar-refractivity contribution in [2.45, 2.75) is 31.8 Å². The zero-order valence-electron chi connectivity index (χ0n) is 9.56. The van der Waals surface area contributed by atoms with Gasteiger partial charge in [-0.1, -0.05) is 0 Å². The maximum atomic E-state index is 10.8. The Balaban J connectivity index is 0.000000181. The quantitative estimate of drug-likeness (QED) is 0.643. The molecule has 2 heterocycles. The van der Waals surface area contributed by atoms with Gasteiger partial charge in [0.1, 0.15) is 0 Å². The van der Waals surface area contributed by atoms with Crippen molar-refractivity contribution in [2.24, 2.45) is 0 Å². The zero-order chi connectivity index (χ0) is 11.6. The van der Waals surface area contributed by atoms with Crippen molar-refractivity contribution in [2.75, 3.05) is 13.7 Å². The zero-order valence-corrected chi connectivity index (χ0v) is 9.56. The minimum atomic E-state index is -0.380. The number of rotatable bonds is 1. The highest BCUT2D eigenvalue weighted by molar-refractivity contribution is 5.74. The Hall–Kier alpha value is -1.45. The molecule has 2 aliphatic rings. The van der Waals surface area contributed by atoms with Gasteiger partial charge in [0.15, 0.2) is 6.10 Å². The maximum Gasteiger partial charge on any atom is 0.347 e. The van der Waals surface area contributed by atoms with Gasteiger partial charge in [0.05, 0.1) is 26.2 Å². The average molecular weight is 226 g/mol. The fourth-order valence-corrected chi connectivity index (χ4v) is 1.33. The van der Waals surface area contributed by atoms with Crippen LogP contribution < -0.4 is 0 Å². The van der Waals surface area contributed by atoms with E-state index in [2.05, 4.69) is 4.74 Å². The van der Waals surface area contributed by atoms with Crippen LogP contribution in [0.3, 0.4) is 0 Å². The summed E-state index contributed by atoms with van der Waals surface area (Å²) in [5, 5.41) is 0. The van der Waals surface area contributed by atoms with E-state index in [-0.39, 0.29) is 12.1 Å². The predicted octanol–water partition coefficient (Wildman–Crippen LogP) is 2.16. The van der Waals surface area contributed by atoms with E-state index in [0.717, 1.165) is 19.4 Å². The first-order chi connectivity index (χ1) is 7.84. The average Bonchev–Trinajstić information content (AvgIpc) is 2.41. The van der Waals surface area contributed by atoms with Gasteiger partial charge in [-0.2, -0.15) is 0 Å². The van der Waals surface area contributed by atoms with E-state index in [9.17, 15) is 4.79 Å². The number of carbonyl (C=O) groups is 1. The van der Waals surface area contributed by atoms with Gasteiger partial charge in [-0.05, 0) is 37.8 Å². The van der Waals surface area contributed by atoms with E-state index < -0.39 is 0 Å². The van der Waals surface area contributed by atoms with Crippen LogP contribution in [0, 0.1) is 0 Å². The van der Waals surface area contributed by atoms with Gasteiger partial charge in [0, 0.05) is 0 Å². The van der Waals surface area contributed by atoms with Crippen molar-refractivity contribution in [3.63, 3.8) is 0 Å². The number of allylic oxidation sites excluding steroid dienone is 2. The Morgan fingerprint density at radius 1 is 1.31 bits per heavy atom. The van der Waals surface area contributed by atoms with Gasteiger partial charge in [-0.15, -0.1) is 0 Å². The van der Waals surface area contributed by atoms with Gasteiger partial charge in [0.25, 0.3) is 0 Å². The second-order valence-electron chi connectivity index (χ2n) is 3.48.